The molecular weight excluding hydrogens is 358 g/mol. The quantitative estimate of drug-likeness (QED) is 0.684. The Morgan fingerprint density at radius 2 is 2.03 bits per heavy atom. The van der Waals surface area contributed by atoms with Crippen molar-refractivity contribution in [3.8, 4) is 0 Å². The molecule has 3 saturated heterocycles. The Kier molecular flexibility index (Phi) is 4.12. The van der Waals surface area contributed by atoms with Gasteiger partial charge in [-0.05, 0) is 74.1 Å². The highest BCUT2D eigenvalue weighted by molar-refractivity contribution is 5.98. The second kappa shape index (κ2) is 6.73. The van der Waals surface area contributed by atoms with Gasteiger partial charge in [0.2, 0.25) is 0 Å². The van der Waals surface area contributed by atoms with Crippen LogP contribution in [-0.2, 0) is 7.05 Å². The maximum absolute atomic E-state index is 13.7. The molecule has 0 spiro atoms. The number of rotatable bonds is 1. The van der Waals surface area contributed by atoms with Crippen molar-refractivity contribution >= 4 is 16.8 Å². The first kappa shape index (κ1) is 17.8. The first-order valence-corrected chi connectivity index (χ1v) is 11.5. The molecule has 1 amide bonds. The Bertz CT molecular complexity index is 989. The summed E-state index contributed by atoms with van der Waals surface area (Å²) in [6.45, 7) is 3.34. The number of nitrogens with zero attached hydrogens (tertiary/aromatic N) is 3. The Hall–Kier alpha value is -2.07. The molecule has 2 bridgehead atoms. The van der Waals surface area contributed by atoms with E-state index in [1.165, 1.54) is 50.6 Å². The number of fused-ring (bicyclic) bond motifs is 7. The van der Waals surface area contributed by atoms with E-state index >= 15 is 0 Å². The minimum atomic E-state index is 0.225. The molecule has 1 aromatic heterocycles. The number of aryl methyl sites for hydroxylation is 1. The van der Waals surface area contributed by atoms with E-state index in [2.05, 4.69) is 51.9 Å². The fourth-order valence-electron chi connectivity index (χ4n) is 6.76. The van der Waals surface area contributed by atoms with E-state index in [0.29, 0.717) is 12.0 Å². The van der Waals surface area contributed by atoms with E-state index in [9.17, 15) is 4.79 Å². The van der Waals surface area contributed by atoms with Crippen LogP contribution in [0.25, 0.3) is 10.9 Å². The zero-order chi connectivity index (χ0) is 19.5. The van der Waals surface area contributed by atoms with Crippen LogP contribution in [0.1, 0.15) is 48.9 Å². The van der Waals surface area contributed by atoms with Crippen molar-refractivity contribution in [2.24, 2.45) is 18.9 Å². The fourth-order valence-corrected chi connectivity index (χ4v) is 6.76. The average Bonchev–Trinajstić information content (AvgIpc) is 3.13. The number of benzene rings is 1. The minimum Gasteiger partial charge on any atom is -0.351 e. The minimum absolute atomic E-state index is 0.225. The third-order valence-electron chi connectivity index (χ3n) is 8.05. The third kappa shape index (κ3) is 2.79. The van der Waals surface area contributed by atoms with E-state index in [1.54, 1.807) is 5.57 Å². The molecule has 2 aromatic rings. The Labute approximate surface area is 173 Å². The molecule has 4 aliphatic rings. The van der Waals surface area contributed by atoms with Crippen molar-refractivity contribution in [2.75, 3.05) is 19.6 Å². The lowest BCUT2D eigenvalue weighted by atomic mass is 9.68. The predicted octanol–water partition coefficient (Wildman–Crippen LogP) is 4.21. The van der Waals surface area contributed by atoms with Gasteiger partial charge in [-0.25, -0.2) is 0 Å². The molecule has 29 heavy (non-hydrogen) atoms. The number of amides is 1. The standard InChI is InChI=1S/C25H31N3O/c1-26-12-9-17-7-8-19(15-23(17)26)25(29)28-11-4-5-18-13-20-14-21(24(18)28)16-27-10-3-2-6-22(20)27/h7-9,12-13,15,20-22,24H,2-6,10-11,14,16H2,1H3/t20-,21-,22+,24+/m0/s1. The molecule has 4 nitrogen and oxygen atoms in total. The van der Waals surface area contributed by atoms with E-state index in [1.807, 2.05) is 6.07 Å². The highest BCUT2D eigenvalue weighted by Gasteiger charge is 2.46. The van der Waals surface area contributed by atoms with Crippen molar-refractivity contribution in [3.63, 3.8) is 0 Å². The number of hydrogen-bond acceptors (Lipinski definition) is 2. The maximum Gasteiger partial charge on any atom is 0.254 e. The van der Waals surface area contributed by atoms with Crippen LogP contribution in [0.5, 0.6) is 0 Å². The highest BCUT2D eigenvalue weighted by atomic mass is 16.2. The van der Waals surface area contributed by atoms with Gasteiger partial charge in [0.1, 0.15) is 0 Å². The SMILES string of the molecule is Cn1ccc2ccc(C(=O)N3CCCC4=C[C@H]5C[C@@H](CN6CCCC[C@H]56)[C@@H]43)cc21. The molecule has 4 heterocycles. The van der Waals surface area contributed by atoms with Crippen molar-refractivity contribution in [3.05, 3.63) is 47.7 Å². The summed E-state index contributed by atoms with van der Waals surface area (Å²) in [6.07, 6.45) is 12.3. The topological polar surface area (TPSA) is 28.5 Å². The van der Waals surface area contributed by atoms with Gasteiger partial charge in [-0.1, -0.05) is 24.1 Å². The Morgan fingerprint density at radius 1 is 1.10 bits per heavy atom. The zero-order valence-corrected chi connectivity index (χ0v) is 17.4. The van der Waals surface area contributed by atoms with Crippen molar-refractivity contribution in [1.29, 1.82) is 0 Å². The molecule has 152 valence electrons. The lowest BCUT2D eigenvalue weighted by molar-refractivity contribution is 0.00148. The van der Waals surface area contributed by atoms with Crippen LogP contribution < -0.4 is 0 Å². The van der Waals surface area contributed by atoms with Crippen molar-refractivity contribution in [1.82, 2.24) is 14.4 Å². The van der Waals surface area contributed by atoms with Gasteiger partial charge in [0.05, 0.1) is 6.04 Å². The Balaban J connectivity index is 1.34. The lowest BCUT2D eigenvalue weighted by Gasteiger charge is -2.54. The Morgan fingerprint density at radius 3 is 2.97 bits per heavy atom. The largest absolute Gasteiger partial charge is 0.351 e. The normalized spacial score (nSPS) is 31.9. The summed E-state index contributed by atoms with van der Waals surface area (Å²) in [5.74, 6) is 1.55. The first-order valence-electron chi connectivity index (χ1n) is 11.5. The molecule has 3 aliphatic heterocycles. The number of carbonyl (C=O) groups excluding carboxylic acids is 1. The molecule has 1 aromatic carbocycles. The molecular formula is C25H31N3O. The first-order chi connectivity index (χ1) is 14.2. The maximum atomic E-state index is 13.7. The van der Waals surface area contributed by atoms with Gasteiger partial charge in [-0.2, -0.15) is 0 Å². The summed E-state index contributed by atoms with van der Waals surface area (Å²) in [4.78, 5) is 18.6. The summed E-state index contributed by atoms with van der Waals surface area (Å²) >= 11 is 0. The lowest BCUT2D eigenvalue weighted by Crippen LogP contribution is -2.60. The molecule has 0 radical (unpaired) electrons. The predicted molar refractivity (Wildman–Crippen MR) is 116 cm³/mol. The fraction of sp³-hybridized carbons (Fsp3) is 0.560. The molecule has 0 unspecified atom stereocenters. The second-order valence-corrected chi connectivity index (χ2v) is 9.71. The molecule has 3 fully saturated rings. The number of likely N-dealkylation sites (tertiary alicyclic amines) is 1. The summed E-state index contributed by atoms with van der Waals surface area (Å²) in [6, 6.07) is 9.40. The average molecular weight is 390 g/mol. The summed E-state index contributed by atoms with van der Waals surface area (Å²) in [5, 5.41) is 1.20. The van der Waals surface area contributed by atoms with Gasteiger partial charge >= 0.3 is 0 Å². The molecule has 0 N–H and O–H groups in total. The molecule has 0 saturated carbocycles. The molecule has 4 atom stereocenters. The molecule has 1 aliphatic carbocycles. The van der Waals surface area contributed by atoms with E-state index in [-0.39, 0.29) is 5.91 Å². The summed E-state index contributed by atoms with van der Waals surface area (Å²) in [7, 11) is 2.05. The smallest absolute Gasteiger partial charge is 0.254 e. The summed E-state index contributed by atoms with van der Waals surface area (Å²) < 4.78 is 2.11. The number of aromatic nitrogens is 1. The van der Waals surface area contributed by atoms with Crippen molar-refractivity contribution in [2.45, 2.75) is 50.6 Å². The van der Waals surface area contributed by atoms with E-state index in [4.69, 9.17) is 0 Å². The highest BCUT2D eigenvalue weighted by Crippen LogP contribution is 2.45. The van der Waals surface area contributed by atoms with Crippen LogP contribution in [0, 0.1) is 11.8 Å². The van der Waals surface area contributed by atoms with Gasteiger partial charge in [0.15, 0.2) is 0 Å². The number of piperidine rings is 3. The van der Waals surface area contributed by atoms with Crippen LogP contribution in [0.2, 0.25) is 0 Å². The monoisotopic (exact) mass is 389 g/mol. The van der Waals surface area contributed by atoms with Crippen LogP contribution in [0.15, 0.2) is 42.1 Å². The van der Waals surface area contributed by atoms with E-state index in [0.717, 1.165) is 36.0 Å². The zero-order valence-electron chi connectivity index (χ0n) is 17.4. The van der Waals surface area contributed by atoms with Gasteiger partial charge in [-0.15, -0.1) is 0 Å². The molecule has 4 heteroatoms. The van der Waals surface area contributed by atoms with Crippen LogP contribution >= 0.6 is 0 Å². The van der Waals surface area contributed by atoms with Crippen LogP contribution in [0.4, 0.5) is 0 Å². The van der Waals surface area contributed by atoms with Gasteiger partial charge in [0.25, 0.3) is 5.91 Å². The van der Waals surface area contributed by atoms with Crippen LogP contribution in [-0.4, -0.2) is 52.0 Å². The number of carbonyl (C=O) groups is 1. The molecule has 6 rings (SSSR count). The van der Waals surface area contributed by atoms with Crippen molar-refractivity contribution < 1.29 is 4.79 Å². The van der Waals surface area contributed by atoms with Crippen LogP contribution in [0.3, 0.4) is 0 Å². The van der Waals surface area contributed by atoms with Gasteiger partial charge < -0.3 is 9.47 Å². The van der Waals surface area contributed by atoms with E-state index < -0.39 is 0 Å². The van der Waals surface area contributed by atoms with Gasteiger partial charge in [0, 0.05) is 43.5 Å². The van der Waals surface area contributed by atoms with Gasteiger partial charge in [-0.3, -0.25) is 9.69 Å². The third-order valence-corrected chi connectivity index (χ3v) is 8.05. The number of hydrogen-bond donors (Lipinski definition) is 0. The second-order valence-electron chi connectivity index (χ2n) is 9.71. The summed E-state index contributed by atoms with van der Waals surface area (Å²) in [5.41, 5.74) is 3.55.